The minimum atomic E-state index is -2.68. The second kappa shape index (κ2) is 10.6. The second-order valence-corrected chi connectivity index (χ2v) is 12.6. The van der Waals surface area contributed by atoms with Crippen molar-refractivity contribution in [1.29, 1.82) is 0 Å². The van der Waals surface area contributed by atoms with Crippen LogP contribution in [-0.4, -0.2) is 120 Å². The number of anilines is 1. The molecule has 1 amide bonds. The van der Waals surface area contributed by atoms with Gasteiger partial charge in [0.25, 0.3) is 5.91 Å². The molecule has 1 aromatic carbocycles. The number of nitrogens with two attached hydrogens (primary N) is 1. The summed E-state index contributed by atoms with van der Waals surface area (Å²) in [5.41, 5.74) is 3.41. The Morgan fingerprint density at radius 3 is 2.28 bits per heavy atom. The number of likely N-dealkylation sites (N-methyl/N-ethyl adjacent to an activating group) is 2. The van der Waals surface area contributed by atoms with Crippen LogP contribution < -0.4 is 10.6 Å². The van der Waals surface area contributed by atoms with Crippen LogP contribution in [0.15, 0.2) is 28.7 Å². The van der Waals surface area contributed by atoms with Gasteiger partial charge < -0.3 is 40.5 Å². The number of benzene rings is 1. The summed E-state index contributed by atoms with van der Waals surface area (Å²) in [6, 6.07) is 0.782. The van der Waals surface area contributed by atoms with Crippen LogP contribution >= 0.6 is 0 Å². The van der Waals surface area contributed by atoms with Crippen LogP contribution in [0.4, 0.5) is 5.69 Å². The van der Waals surface area contributed by atoms with Crippen molar-refractivity contribution < 1.29 is 44.3 Å². The molecule has 4 aliphatic rings. The number of phenols is 1. The van der Waals surface area contributed by atoms with Gasteiger partial charge in [-0.25, -0.2) is 0 Å². The van der Waals surface area contributed by atoms with Crippen LogP contribution in [-0.2, 0) is 32.0 Å². The molecular formula is C30H40N4O9. The highest BCUT2D eigenvalue weighted by Gasteiger charge is 2.63. The lowest BCUT2D eigenvalue weighted by Gasteiger charge is -2.50. The van der Waals surface area contributed by atoms with E-state index in [1.165, 1.54) is 4.90 Å². The normalized spacial score (nSPS) is 28.3. The number of nitrogens with zero attached hydrogens (tertiary/aromatic N) is 3. The van der Waals surface area contributed by atoms with Crippen molar-refractivity contribution >= 4 is 23.2 Å². The monoisotopic (exact) mass is 600 g/mol. The van der Waals surface area contributed by atoms with E-state index in [2.05, 4.69) is 0 Å². The first-order valence-electron chi connectivity index (χ1n) is 14.2. The molecule has 3 aliphatic carbocycles. The highest BCUT2D eigenvalue weighted by atomic mass is 16.7. The lowest BCUT2D eigenvalue weighted by atomic mass is 9.58. The van der Waals surface area contributed by atoms with Crippen LogP contribution in [0, 0.1) is 11.8 Å². The minimum Gasteiger partial charge on any atom is -0.510 e. The third-order valence-corrected chi connectivity index (χ3v) is 9.16. The molecule has 0 spiro atoms. The Morgan fingerprint density at radius 2 is 1.72 bits per heavy atom. The predicted octanol–water partition coefficient (Wildman–Crippen LogP) is 0.381. The summed E-state index contributed by atoms with van der Waals surface area (Å²) >= 11 is 0. The number of aliphatic hydroxyl groups is 3. The Kier molecular flexibility index (Phi) is 7.63. The van der Waals surface area contributed by atoms with Crippen LogP contribution in [0.3, 0.4) is 0 Å². The summed E-state index contributed by atoms with van der Waals surface area (Å²) in [5, 5.41) is 45.8. The number of hydrogen-bond acceptors (Lipinski definition) is 12. The number of hydrogen-bond donors (Lipinski definition) is 5. The number of aromatic hydroxyl groups is 1. The number of aliphatic hydroxyl groups excluding tert-OH is 2. The van der Waals surface area contributed by atoms with E-state index < -0.39 is 63.8 Å². The predicted molar refractivity (Wildman–Crippen MR) is 155 cm³/mol. The molecule has 1 fully saturated rings. The minimum absolute atomic E-state index is 0.0186. The van der Waals surface area contributed by atoms with Gasteiger partial charge in [0.1, 0.15) is 22.8 Å². The lowest BCUT2D eigenvalue weighted by Crippen LogP contribution is -2.63. The van der Waals surface area contributed by atoms with Crippen molar-refractivity contribution in [3.63, 3.8) is 0 Å². The molecule has 0 unspecified atom stereocenters. The number of fused-ring (bicyclic) bond motifs is 3. The number of phenolic OH excluding ortho intramolecular Hbond substituents is 1. The van der Waals surface area contributed by atoms with E-state index >= 15 is 0 Å². The first-order valence-corrected chi connectivity index (χ1v) is 14.2. The molecule has 6 N–H and O–H groups in total. The topological polar surface area (TPSA) is 186 Å². The van der Waals surface area contributed by atoms with Gasteiger partial charge in [0.15, 0.2) is 17.2 Å². The third kappa shape index (κ3) is 4.70. The molecule has 0 aromatic heterocycles. The average Bonchev–Trinajstić information content (AvgIpc) is 3.32. The van der Waals surface area contributed by atoms with Gasteiger partial charge in [0, 0.05) is 43.4 Å². The van der Waals surface area contributed by atoms with Crippen LogP contribution in [0.5, 0.6) is 5.75 Å². The van der Waals surface area contributed by atoms with Gasteiger partial charge in [-0.3, -0.25) is 24.2 Å². The Labute approximate surface area is 249 Å². The van der Waals surface area contributed by atoms with Gasteiger partial charge in [-0.1, -0.05) is 0 Å². The number of carbonyl (C=O) groups is 3. The fourth-order valence-corrected chi connectivity index (χ4v) is 7.36. The maximum Gasteiger partial charge on any atom is 0.255 e. The third-order valence-electron chi connectivity index (χ3n) is 9.16. The number of carbonyl (C=O) groups excluding carboxylic acids is 3. The molecule has 1 heterocycles. The summed E-state index contributed by atoms with van der Waals surface area (Å²) in [7, 11) is 8.68. The average molecular weight is 601 g/mol. The fourth-order valence-electron chi connectivity index (χ4n) is 7.36. The van der Waals surface area contributed by atoms with Crippen molar-refractivity contribution in [3.8, 4) is 5.75 Å². The quantitative estimate of drug-likeness (QED) is 0.271. The molecule has 4 atom stereocenters. The van der Waals surface area contributed by atoms with Gasteiger partial charge in [0.2, 0.25) is 5.78 Å². The van der Waals surface area contributed by atoms with E-state index in [4.69, 9.17) is 15.2 Å². The van der Waals surface area contributed by atoms with Crippen LogP contribution in [0.25, 0.3) is 0 Å². The first kappa shape index (κ1) is 31.0. The van der Waals surface area contributed by atoms with Crippen LogP contribution in [0.2, 0.25) is 0 Å². The zero-order valence-electron chi connectivity index (χ0n) is 25.3. The largest absolute Gasteiger partial charge is 0.510 e. The summed E-state index contributed by atoms with van der Waals surface area (Å²) in [5.74, 6) is -7.52. The van der Waals surface area contributed by atoms with Crippen molar-refractivity contribution in [2.75, 3.05) is 59.9 Å². The number of Topliss-reactive ketones (excluding diaryl/α,β-unsaturated/α-hetero) is 2. The number of primary amides is 1. The molecule has 0 saturated carbocycles. The number of rotatable bonds is 7. The van der Waals surface area contributed by atoms with Gasteiger partial charge in [0.05, 0.1) is 31.4 Å². The van der Waals surface area contributed by atoms with Gasteiger partial charge >= 0.3 is 0 Å². The highest BCUT2D eigenvalue weighted by molar-refractivity contribution is 6.25. The Balaban J connectivity index is 1.62. The van der Waals surface area contributed by atoms with E-state index in [-0.39, 0.29) is 36.3 Å². The standard InChI is InChI=1S/C30H40N4O9/c1-29(42-7-8-43-29)13-34(6)12-15-11-18(32(2)3)16-9-14-10-17-22(33(4)5)25(37)21(28(31)40)27(39)30(17,41)26(38)19(14)24(36)20(16)23(15)35/h11,14,17,22,35,37-38,41H,7-10,12-13H2,1-6H3,(H2,31,40)/t14-,17-,22-,30-/m0/s1. The molecule has 0 radical (unpaired) electrons. The Hall–Kier alpha value is -3.49. The maximum atomic E-state index is 14.2. The molecule has 0 bridgehead atoms. The van der Waals surface area contributed by atoms with E-state index in [9.17, 15) is 34.8 Å². The maximum absolute atomic E-state index is 14.2. The molecule has 1 aliphatic heterocycles. The van der Waals surface area contributed by atoms with Crippen molar-refractivity contribution in [2.24, 2.45) is 17.6 Å². The molecule has 13 nitrogen and oxygen atoms in total. The highest BCUT2D eigenvalue weighted by Crippen LogP contribution is 2.53. The molecule has 1 aromatic rings. The molecular weight excluding hydrogens is 560 g/mol. The number of allylic oxidation sites excluding steroid dienone is 1. The summed E-state index contributed by atoms with van der Waals surface area (Å²) in [4.78, 5) is 45.2. The van der Waals surface area contributed by atoms with E-state index in [0.717, 1.165) is 0 Å². The first-order chi connectivity index (χ1) is 20.0. The molecule has 5 rings (SSSR count). The number of amides is 1. The van der Waals surface area contributed by atoms with E-state index in [0.29, 0.717) is 36.6 Å². The summed E-state index contributed by atoms with van der Waals surface area (Å²) < 4.78 is 11.4. The lowest BCUT2D eigenvalue weighted by molar-refractivity contribution is -0.154. The van der Waals surface area contributed by atoms with Crippen molar-refractivity contribution in [2.45, 2.75) is 43.7 Å². The molecule has 1 saturated heterocycles. The number of ketones is 2. The fraction of sp³-hybridized carbons (Fsp3) is 0.567. The smallest absolute Gasteiger partial charge is 0.255 e. The van der Waals surface area contributed by atoms with Crippen LogP contribution in [0.1, 0.15) is 34.8 Å². The SMILES string of the molecule is CN(Cc1cc(N(C)C)c2c(c1O)C(=O)C1=C(O)[C@]3(O)C(=O)C(C(N)=O)=C(O)[C@@H](N(C)C)[C@@H]3C[C@@H]1C2)CC1(C)OCCO1. The molecule has 43 heavy (non-hydrogen) atoms. The summed E-state index contributed by atoms with van der Waals surface area (Å²) in [6.45, 7) is 3.43. The zero-order valence-corrected chi connectivity index (χ0v) is 25.3. The summed E-state index contributed by atoms with van der Waals surface area (Å²) in [6.07, 6.45) is 0.244. The van der Waals surface area contributed by atoms with Crippen molar-refractivity contribution in [3.05, 3.63) is 45.4 Å². The van der Waals surface area contributed by atoms with E-state index in [1.807, 2.05) is 43.9 Å². The van der Waals surface area contributed by atoms with Gasteiger partial charge in [-0.2, -0.15) is 0 Å². The molecule has 13 heteroatoms. The zero-order chi connectivity index (χ0) is 31.8. The molecule has 234 valence electrons. The van der Waals surface area contributed by atoms with Crippen molar-refractivity contribution in [1.82, 2.24) is 9.80 Å². The Bertz CT molecular complexity index is 1460. The Morgan fingerprint density at radius 1 is 1.09 bits per heavy atom. The van der Waals surface area contributed by atoms with E-state index in [1.54, 1.807) is 14.1 Å². The second-order valence-electron chi connectivity index (χ2n) is 12.6. The van der Waals surface area contributed by atoms with Gasteiger partial charge in [-0.05, 0) is 58.5 Å². The number of ether oxygens (including phenoxy) is 2. The van der Waals surface area contributed by atoms with Gasteiger partial charge in [-0.15, -0.1) is 0 Å².